The minimum atomic E-state index is 0.0334. The van der Waals surface area contributed by atoms with Gasteiger partial charge in [0.05, 0.1) is 11.9 Å². The summed E-state index contributed by atoms with van der Waals surface area (Å²) in [6, 6.07) is 9.58. The van der Waals surface area contributed by atoms with Gasteiger partial charge in [-0.1, -0.05) is 0 Å². The standard InChI is InChI=1S/C23H27N7O/c1-27(2)15-23-16-28(21-12-24-9-10-25-21)13-19(23)14-29(17-23)22(31)18-4-6-20(7-5-18)30-11-3-8-26-30/h3-12,19H,13-17H2,1-2H3/t19-,23+/m0/s1. The second-order valence-electron chi connectivity index (χ2n) is 8.92. The van der Waals surface area contributed by atoms with E-state index in [0.717, 1.165) is 49.8 Å². The molecule has 2 aliphatic rings. The molecule has 0 bridgehead atoms. The molecular weight excluding hydrogens is 390 g/mol. The molecule has 2 aliphatic heterocycles. The third-order valence-corrected chi connectivity index (χ3v) is 6.43. The van der Waals surface area contributed by atoms with E-state index in [2.05, 4.69) is 39.0 Å². The number of rotatable bonds is 5. The Morgan fingerprint density at radius 2 is 1.97 bits per heavy atom. The van der Waals surface area contributed by atoms with Crippen LogP contribution in [0.25, 0.3) is 5.69 Å². The highest BCUT2D eigenvalue weighted by Crippen LogP contribution is 2.44. The highest BCUT2D eigenvalue weighted by atomic mass is 16.2. The number of benzene rings is 1. The van der Waals surface area contributed by atoms with Crippen molar-refractivity contribution in [2.45, 2.75) is 0 Å². The van der Waals surface area contributed by atoms with Gasteiger partial charge in [-0.25, -0.2) is 9.67 Å². The highest BCUT2D eigenvalue weighted by Gasteiger charge is 2.54. The van der Waals surface area contributed by atoms with Gasteiger partial charge >= 0.3 is 0 Å². The predicted molar refractivity (Wildman–Crippen MR) is 118 cm³/mol. The molecule has 31 heavy (non-hydrogen) atoms. The zero-order chi connectivity index (χ0) is 21.4. The van der Waals surface area contributed by atoms with Crippen molar-refractivity contribution < 1.29 is 4.79 Å². The van der Waals surface area contributed by atoms with Gasteiger partial charge in [-0.2, -0.15) is 5.10 Å². The summed E-state index contributed by atoms with van der Waals surface area (Å²) in [4.78, 5) is 28.6. The van der Waals surface area contributed by atoms with Crippen molar-refractivity contribution in [3.63, 3.8) is 0 Å². The molecular formula is C23H27N7O. The van der Waals surface area contributed by atoms with Gasteiger partial charge in [0.15, 0.2) is 0 Å². The molecule has 0 spiro atoms. The lowest BCUT2D eigenvalue weighted by Crippen LogP contribution is -2.43. The van der Waals surface area contributed by atoms with E-state index in [-0.39, 0.29) is 11.3 Å². The number of nitrogens with zero attached hydrogens (tertiary/aromatic N) is 7. The fraction of sp³-hybridized carbons (Fsp3) is 0.391. The maximum atomic E-state index is 13.3. The number of fused-ring (bicyclic) bond motifs is 1. The van der Waals surface area contributed by atoms with E-state index in [9.17, 15) is 4.79 Å². The van der Waals surface area contributed by atoms with Gasteiger partial charge in [0.25, 0.3) is 5.91 Å². The first-order chi connectivity index (χ1) is 15.0. The van der Waals surface area contributed by atoms with E-state index in [1.807, 2.05) is 47.6 Å². The van der Waals surface area contributed by atoms with Gasteiger partial charge in [-0.15, -0.1) is 0 Å². The van der Waals surface area contributed by atoms with Gasteiger partial charge in [-0.3, -0.25) is 9.78 Å². The summed E-state index contributed by atoms with van der Waals surface area (Å²) >= 11 is 0. The molecule has 0 N–H and O–H groups in total. The predicted octanol–water partition coefficient (Wildman–Crippen LogP) is 1.80. The Morgan fingerprint density at radius 3 is 2.65 bits per heavy atom. The van der Waals surface area contributed by atoms with Gasteiger partial charge in [0.2, 0.25) is 0 Å². The molecule has 8 nitrogen and oxygen atoms in total. The van der Waals surface area contributed by atoms with Crippen molar-refractivity contribution in [2.24, 2.45) is 11.3 Å². The van der Waals surface area contributed by atoms with Gasteiger partial charge in [0.1, 0.15) is 5.82 Å². The average molecular weight is 418 g/mol. The maximum absolute atomic E-state index is 13.3. The molecule has 1 aromatic carbocycles. The fourth-order valence-electron chi connectivity index (χ4n) is 5.18. The molecule has 0 aliphatic carbocycles. The molecule has 5 rings (SSSR count). The van der Waals surface area contributed by atoms with Crippen LogP contribution in [0.3, 0.4) is 0 Å². The number of carbonyl (C=O) groups excluding carboxylic acids is 1. The molecule has 3 aromatic rings. The normalized spacial score (nSPS) is 22.9. The van der Waals surface area contributed by atoms with Crippen molar-refractivity contribution in [1.29, 1.82) is 0 Å². The van der Waals surface area contributed by atoms with Crippen molar-refractivity contribution in [2.75, 3.05) is 51.7 Å². The van der Waals surface area contributed by atoms with Crippen molar-refractivity contribution >= 4 is 11.7 Å². The maximum Gasteiger partial charge on any atom is 0.253 e. The Morgan fingerprint density at radius 1 is 1.13 bits per heavy atom. The lowest BCUT2D eigenvalue weighted by atomic mass is 9.80. The van der Waals surface area contributed by atoms with Crippen LogP contribution in [0.15, 0.2) is 61.3 Å². The monoisotopic (exact) mass is 417 g/mol. The van der Waals surface area contributed by atoms with Gasteiger partial charge < -0.3 is 14.7 Å². The molecule has 8 heteroatoms. The number of carbonyl (C=O) groups is 1. The molecule has 2 atom stereocenters. The first-order valence-electron chi connectivity index (χ1n) is 10.6. The largest absolute Gasteiger partial charge is 0.354 e. The van der Waals surface area contributed by atoms with Crippen molar-refractivity contribution in [1.82, 2.24) is 29.5 Å². The number of anilines is 1. The first kappa shape index (κ1) is 19.7. The van der Waals surface area contributed by atoms with Gasteiger partial charge in [0, 0.05) is 74.4 Å². The number of amides is 1. The summed E-state index contributed by atoms with van der Waals surface area (Å²) in [7, 11) is 4.21. The number of hydrogen-bond donors (Lipinski definition) is 0. The van der Waals surface area contributed by atoms with Crippen LogP contribution in [0.2, 0.25) is 0 Å². The van der Waals surface area contributed by atoms with E-state index in [1.165, 1.54) is 0 Å². The summed E-state index contributed by atoms with van der Waals surface area (Å²) in [5.74, 6) is 1.43. The van der Waals surface area contributed by atoms with Crippen LogP contribution >= 0.6 is 0 Å². The van der Waals surface area contributed by atoms with Crippen LogP contribution in [0.4, 0.5) is 5.82 Å². The van der Waals surface area contributed by atoms with E-state index < -0.39 is 0 Å². The Balaban J connectivity index is 1.34. The third-order valence-electron chi connectivity index (χ3n) is 6.43. The van der Waals surface area contributed by atoms with Crippen LogP contribution in [-0.4, -0.2) is 82.3 Å². The summed E-state index contributed by atoms with van der Waals surface area (Å²) in [5, 5.41) is 4.25. The summed E-state index contributed by atoms with van der Waals surface area (Å²) in [6.07, 6.45) is 8.91. The molecule has 4 heterocycles. The smallest absolute Gasteiger partial charge is 0.253 e. The molecule has 0 saturated carbocycles. The zero-order valence-corrected chi connectivity index (χ0v) is 17.9. The summed E-state index contributed by atoms with van der Waals surface area (Å²) in [6.45, 7) is 4.25. The van der Waals surface area contributed by atoms with Crippen LogP contribution in [0.5, 0.6) is 0 Å². The minimum Gasteiger partial charge on any atom is -0.354 e. The highest BCUT2D eigenvalue weighted by molar-refractivity contribution is 5.94. The van der Waals surface area contributed by atoms with Gasteiger partial charge in [-0.05, 0) is 44.4 Å². The molecule has 2 fully saturated rings. The molecule has 2 aromatic heterocycles. The Labute approximate surface area is 182 Å². The quantitative estimate of drug-likeness (QED) is 0.631. The molecule has 1 amide bonds. The van der Waals surface area contributed by atoms with Crippen molar-refractivity contribution in [3.05, 3.63) is 66.9 Å². The minimum absolute atomic E-state index is 0.0334. The van der Waals surface area contributed by atoms with Crippen LogP contribution in [-0.2, 0) is 0 Å². The molecule has 0 unspecified atom stereocenters. The van der Waals surface area contributed by atoms with Crippen molar-refractivity contribution in [3.8, 4) is 5.69 Å². The Kier molecular flexibility index (Phi) is 4.94. The second kappa shape index (κ2) is 7.77. The second-order valence-corrected chi connectivity index (χ2v) is 8.92. The lowest BCUT2D eigenvalue weighted by molar-refractivity contribution is 0.0765. The van der Waals surface area contributed by atoms with Crippen LogP contribution < -0.4 is 4.90 Å². The Bertz CT molecular complexity index is 1040. The third kappa shape index (κ3) is 3.67. The summed E-state index contributed by atoms with van der Waals surface area (Å²) in [5.41, 5.74) is 1.70. The van der Waals surface area contributed by atoms with E-state index in [4.69, 9.17) is 0 Å². The lowest BCUT2D eigenvalue weighted by Gasteiger charge is -2.32. The number of aromatic nitrogens is 4. The van der Waals surface area contributed by atoms with E-state index in [0.29, 0.717) is 5.92 Å². The van der Waals surface area contributed by atoms with Crippen LogP contribution in [0.1, 0.15) is 10.4 Å². The van der Waals surface area contributed by atoms with E-state index >= 15 is 0 Å². The molecule has 0 radical (unpaired) electrons. The van der Waals surface area contributed by atoms with Crippen LogP contribution in [0, 0.1) is 11.3 Å². The van der Waals surface area contributed by atoms with E-state index in [1.54, 1.807) is 23.3 Å². The average Bonchev–Trinajstić information content (AvgIpc) is 3.48. The SMILES string of the molecule is CN(C)C[C@@]12CN(C(=O)c3ccc(-n4cccn4)cc3)C[C@@H]1CN(c1cnccn1)C2. The number of likely N-dealkylation sites (tertiary alicyclic amines) is 1. The molecule has 2 saturated heterocycles. The zero-order valence-electron chi connectivity index (χ0n) is 17.9. The molecule has 160 valence electrons. The first-order valence-corrected chi connectivity index (χ1v) is 10.6. The topological polar surface area (TPSA) is 70.4 Å². The summed E-state index contributed by atoms with van der Waals surface area (Å²) < 4.78 is 1.79. The fourth-order valence-corrected chi connectivity index (χ4v) is 5.18. The Hall–Kier alpha value is -3.26. The number of hydrogen-bond acceptors (Lipinski definition) is 6.